The Balaban J connectivity index is 1.56. The van der Waals surface area contributed by atoms with Gasteiger partial charge in [0.2, 0.25) is 0 Å². The highest BCUT2D eigenvalue weighted by Gasteiger charge is 2.59. The van der Waals surface area contributed by atoms with E-state index in [1.807, 2.05) is 24.3 Å². The van der Waals surface area contributed by atoms with E-state index in [-0.39, 0.29) is 12.4 Å². The lowest BCUT2D eigenvalue weighted by Crippen LogP contribution is -2.33. The molecule has 6 nitrogen and oxygen atoms in total. The Kier molecular flexibility index (Phi) is 4.07. The van der Waals surface area contributed by atoms with Crippen LogP contribution in [0.2, 0.25) is 5.02 Å². The van der Waals surface area contributed by atoms with Crippen molar-refractivity contribution in [1.29, 1.82) is 0 Å². The molecule has 0 saturated carbocycles. The van der Waals surface area contributed by atoms with Gasteiger partial charge in [-0.25, -0.2) is 9.67 Å². The van der Waals surface area contributed by atoms with Crippen molar-refractivity contribution >= 4 is 11.6 Å². The average molecular weight is 336 g/mol. The molecule has 2 aliphatic heterocycles. The number of epoxide rings is 1. The maximum atomic E-state index is 6.33. The van der Waals surface area contributed by atoms with Crippen molar-refractivity contribution < 1.29 is 14.2 Å². The molecule has 4 rings (SSSR count). The molecule has 0 bridgehead atoms. The number of hydrogen-bond donors (Lipinski definition) is 0. The van der Waals surface area contributed by atoms with E-state index in [1.165, 1.54) is 6.33 Å². The van der Waals surface area contributed by atoms with Crippen molar-refractivity contribution in [1.82, 2.24) is 14.8 Å². The average Bonchev–Trinajstić information content (AvgIpc) is 3.00. The first-order valence-corrected chi connectivity index (χ1v) is 8.12. The van der Waals surface area contributed by atoms with Crippen molar-refractivity contribution in [2.45, 2.75) is 37.4 Å². The molecule has 0 aliphatic carbocycles. The molecule has 0 unspecified atom stereocenters. The Morgan fingerprint density at radius 3 is 2.83 bits per heavy atom. The van der Waals surface area contributed by atoms with E-state index in [0.717, 1.165) is 25.2 Å². The van der Waals surface area contributed by atoms with Crippen LogP contribution in [0.3, 0.4) is 0 Å². The van der Waals surface area contributed by atoms with E-state index >= 15 is 0 Å². The highest BCUT2D eigenvalue weighted by Crippen LogP contribution is 2.55. The van der Waals surface area contributed by atoms with Crippen LogP contribution in [0.5, 0.6) is 0 Å². The van der Waals surface area contributed by atoms with Gasteiger partial charge in [0.1, 0.15) is 24.4 Å². The lowest BCUT2D eigenvalue weighted by Gasteiger charge is -2.26. The van der Waals surface area contributed by atoms with Crippen LogP contribution in [0.25, 0.3) is 0 Å². The highest BCUT2D eigenvalue weighted by molar-refractivity contribution is 6.31. The van der Waals surface area contributed by atoms with E-state index in [0.29, 0.717) is 18.0 Å². The predicted octanol–water partition coefficient (Wildman–Crippen LogP) is 2.59. The van der Waals surface area contributed by atoms with Crippen molar-refractivity contribution in [3.63, 3.8) is 0 Å². The standard InChI is InChI=1S/C16H18ClN3O3/c17-13-5-2-1-4-12(13)15-16(23-15,9-20-11-18-10-19-20)8-14-21-6-3-7-22-14/h1-2,4-5,10-11,14-15H,3,6-9H2/t15-,16-/m0/s1. The highest BCUT2D eigenvalue weighted by atomic mass is 35.5. The summed E-state index contributed by atoms with van der Waals surface area (Å²) in [4.78, 5) is 4.00. The molecule has 0 radical (unpaired) electrons. The lowest BCUT2D eigenvalue weighted by atomic mass is 9.95. The number of hydrogen-bond acceptors (Lipinski definition) is 5. The molecule has 0 spiro atoms. The maximum Gasteiger partial charge on any atom is 0.160 e. The second-order valence-electron chi connectivity index (χ2n) is 5.91. The van der Waals surface area contributed by atoms with Crippen LogP contribution in [0.4, 0.5) is 0 Å². The minimum absolute atomic E-state index is 0.0884. The fourth-order valence-corrected chi connectivity index (χ4v) is 3.34. The summed E-state index contributed by atoms with van der Waals surface area (Å²) >= 11 is 6.33. The molecule has 0 amide bonds. The van der Waals surface area contributed by atoms with Gasteiger partial charge in [0.05, 0.1) is 19.8 Å². The SMILES string of the molecule is Clc1ccccc1[C@@H]1O[C@@]1(CC1OCCCO1)Cn1cncn1. The molecular weight excluding hydrogens is 318 g/mol. The Bertz CT molecular complexity index is 660. The Morgan fingerprint density at radius 2 is 2.09 bits per heavy atom. The first kappa shape index (κ1) is 15.1. The number of rotatable bonds is 5. The van der Waals surface area contributed by atoms with Crippen LogP contribution >= 0.6 is 11.6 Å². The Morgan fingerprint density at radius 1 is 1.26 bits per heavy atom. The molecule has 2 aliphatic rings. The van der Waals surface area contributed by atoms with Crippen molar-refractivity contribution in [2.75, 3.05) is 13.2 Å². The topological polar surface area (TPSA) is 61.7 Å². The normalized spacial score (nSPS) is 28.0. The zero-order valence-corrected chi connectivity index (χ0v) is 13.4. The molecule has 7 heteroatoms. The maximum absolute atomic E-state index is 6.33. The van der Waals surface area contributed by atoms with Crippen LogP contribution in [-0.4, -0.2) is 39.9 Å². The van der Waals surface area contributed by atoms with Gasteiger partial charge < -0.3 is 14.2 Å². The second-order valence-corrected chi connectivity index (χ2v) is 6.31. The smallest absolute Gasteiger partial charge is 0.160 e. The molecule has 1 aromatic heterocycles. The van der Waals surface area contributed by atoms with Gasteiger partial charge in [-0.05, 0) is 12.5 Å². The first-order chi connectivity index (χ1) is 11.3. The van der Waals surface area contributed by atoms with E-state index < -0.39 is 5.60 Å². The third-order valence-corrected chi connectivity index (χ3v) is 4.61. The summed E-state index contributed by atoms with van der Waals surface area (Å²) in [7, 11) is 0. The molecule has 23 heavy (non-hydrogen) atoms. The lowest BCUT2D eigenvalue weighted by molar-refractivity contribution is -0.188. The van der Waals surface area contributed by atoms with Gasteiger partial charge in [0.25, 0.3) is 0 Å². The molecular formula is C16H18ClN3O3. The Hall–Kier alpha value is -1.47. The van der Waals surface area contributed by atoms with Gasteiger partial charge >= 0.3 is 0 Å². The molecule has 1 aromatic carbocycles. The summed E-state index contributed by atoms with van der Waals surface area (Å²) in [5.74, 6) is 0. The predicted molar refractivity (Wildman–Crippen MR) is 83.0 cm³/mol. The number of ether oxygens (including phenoxy) is 3. The molecule has 2 aromatic rings. The minimum atomic E-state index is -0.430. The summed E-state index contributed by atoms with van der Waals surface area (Å²) in [6, 6.07) is 7.77. The van der Waals surface area contributed by atoms with Crippen molar-refractivity contribution in [2.24, 2.45) is 0 Å². The van der Waals surface area contributed by atoms with E-state index in [2.05, 4.69) is 10.1 Å². The third-order valence-electron chi connectivity index (χ3n) is 4.27. The minimum Gasteiger partial charge on any atom is -0.359 e. The summed E-state index contributed by atoms with van der Waals surface area (Å²) < 4.78 is 19.3. The molecule has 2 fully saturated rings. The first-order valence-electron chi connectivity index (χ1n) is 7.75. The molecule has 2 saturated heterocycles. The summed E-state index contributed by atoms with van der Waals surface area (Å²) in [6.07, 6.45) is 4.45. The number of nitrogens with zero attached hydrogens (tertiary/aromatic N) is 3. The molecule has 122 valence electrons. The van der Waals surface area contributed by atoms with Gasteiger partial charge in [-0.15, -0.1) is 0 Å². The number of halogens is 1. The van der Waals surface area contributed by atoms with Crippen LogP contribution in [0, 0.1) is 0 Å². The number of aromatic nitrogens is 3. The molecule has 3 heterocycles. The van der Waals surface area contributed by atoms with Gasteiger partial charge in [-0.2, -0.15) is 5.10 Å². The number of benzene rings is 1. The fourth-order valence-electron chi connectivity index (χ4n) is 3.10. The van der Waals surface area contributed by atoms with Crippen LogP contribution in [0.1, 0.15) is 24.5 Å². The quantitative estimate of drug-likeness (QED) is 0.786. The second kappa shape index (κ2) is 6.20. The van der Waals surface area contributed by atoms with Gasteiger partial charge in [-0.3, -0.25) is 0 Å². The zero-order chi connectivity index (χ0) is 15.7. The van der Waals surface area contributed by atoms with E-state index in [9.17, 15) is 0 Å². The monoisotopic (exact) mass is 335 g/mol. The van der Waals surface area contributed by atoms with Crippen LogP contribution < -0.4 is 0 Å². The summed E-state index contributed by atoms with van der Waals surface area (Å²) in [6.45, 7) is 2.04. The van der Waals surface area contributed by atoms with E-state index in [1.54, 1.807) is 11.0 Å². The Labute approximate surface area is 139 Å². The fraction of sp³-hybridized carbons (Fsp3) is 0.500. The third kappa shape index (κ3) is 3.12. The largest absolute Gasteiger partial charge is 0.359 e. The van der Waals surface area contributed by atoms with Gasteiger partial charge in [-0.1, -0.05) is 29.8 Å². The van der Waals surface area contributed by atoms with Crippen LogP contribution in [0.15, 0.2) is 36.9 Å². The van der Waals surface area contributed by atoms with Gasteiger partial charge in [0.15, 0.2) is 6.29 Å². The summed E-state index contributed by atoms with van der Waals surface area (Å²) in [5.41, 5.74) is 0.561. The summed E-state index contributed by atoms with van der Waals surface area (Å²) in [5, 5.41) is 4.91. The molecule has 0 N–H and O–H groups in total. The van der Waals surface area contributed by atoms with E-state index in [4.69, 9.17) is 25.8 Å². The van der Waals surface area contributed by atoms with Crippen molar-refractivity contribution in [3.05, 3.63) is 47.5 Å². The van der Waals surface area contributed by atoms with Crippen molar-refractivity contribution in [3.8, 4) is 0 Å². The van der Waals surface area contributed by atoms with Crippen LogP contribution in [-0.2, 0) is 20.8 Å². The molecule has 2 atom stereocenters. The van der Waals surface area contributed by atoms with Gasteiger partial charge in [0, 0.05) is 17.0 Å². The zero-order valence-electron chi connectivity index (χ0n) is 12.6.